The van der Waals surface area contributed by atoms with E-state index in [2.05, 4.69) is 92.7 Å². The molecule has 1 nitrogen and oxygen atoms in total. The van der Waals surface area contributed by atoms with E-state index in [-0.39, 0.29) is 0 Å². The number of nitrogens with zero attached hydrogens (tertiary/aromatic N) is 1. The Kier molecular flexibility index (Phi) is 7.41. The predicted molar refractivity (Wildman–Crippen MR) is 94.9 cm³/mol. The molecule has 0 N–H and O–H groups in total. The highest BCUT2D eigenvalue weighted by Gasteiger charge is 2.15. The lowest BCUT2D eigenvalue weighted by molar-refractivity contribution is 0.556. The molecule has 0 radical (unpaired) electrons. The molecule has 0 unspecified atom stereocenters. The van der Waals surface area contributed by atoms with Crippen molar-refractivity contribution < 1.29 is 0 Å². The summed E-state index contributed by atoms with van der Waals surface area (Å²) in [5.41, 5.74) is 1.45. The van der Waals surface area contributed by atoms with Crippen LogP contribution in [0.3, 0.4) is 0 Å². The van der Waals surface area contributed by atoms with E-state index in [1.165, 1.54) is 38.5 Å². The first-order chi connectivity index (χ1) is 7.60. The molecule has 16 heavy (non-hydrogen) atoms. The highest BCUT2D eigenvalue weighted by molar-refractivity contribution is 14.1. The fraction of sp³-hybridized carbons (Fsp3) is 0.583. The predicted octanol–water partition coefficient (Wildman–Crippen LogP) is 5.58. The molecule has 1 aromatic heterocycles. The molecule has 0 bridgehead atoms. The van der Waals surface area contributed by atoms with Crippen molar-refractivity contribution in [1.82, 2.24) is 4.98 Å². The lowest BCUT2D eigenvalue weighted by Crippen LogP contribution is -2.05. The first kappa shape index (κ1) is 15.4. The maximum atomic E-state index is 4.62. The summed E-state index contributed by atoms with van der Waals surface area (Å²) >= 11 is 7.07. The van der Waals surface area contributed by atoms with Gasteiger partial charge in [-0.15, -0.1) is 0 Å². The van der Waals surface area contributed by atoms with Crippen LogP contribution in [0, 0.1) is 11.0 Å². The summed E-state index contributed by atoms with van der Waals surface area (Å²) in [6.45, 7) is 4.53. The third-order valence-electron chi connectivity index (χ3n) is 2.63. The monoisotopic (exact) mass is 555 g/mol. The van der Waals surface area contributed by atoms with E-state index < -0.39 is 0 Å². The van der Waals surface area contributed by atoms with Gasteiger partial charge in [0.05, 0.1) is 0 Å². The van der Waals surface area contributed by atoms with Crippen LogP contribution in [0.15, 0.2) is 6.07 Å². The Labute approximate surface area is 139 Å². The van der Waals surface area contributed by atoms with Crippen molar-refractivity contribution in [3.05, 3.63) is 22.6 Å². The molecule has 0 fully saturated rings. The molecule has 0 saturated heterocycles. The lowest BCUT2D eigenvalue weighted by Gasteiger charge is -2.17. The van der Waals surface area contributed by atoms with Gasteiger partial charge in [-0.2, -0.15) is 0 Å². The molecule has 0 aromatic carbocycles. The quantitative estimate of drug-likeness (QED) is 0.342. The molecular weight excluding hydrogens is 539 g/mol. The average Bonchev–Trinajstić information content (AvgIpc) is 2.23. The number of hydrogen-bond acceptors (Lipinski definition) is 1. The minimum Gasteiger partial charge on any atom is -0.235 e. The lowest BCUT2D eigenvalue weighted by atomic mass is 9.92. The van der Waals surface area contributed by atoms with Gasteiger partial charge in [0.15, 0.2) is 0 Å². The number of pyridine rings is 1. The Balaban J connectivity index is 3.03. The van der Waals surface area contributed by atoms with E-state index in [0.29, 0.717) is 5.92 Å². The van der Waals surface area contributed by atoms with Gasteiger partial charge in [0.2, 0.25) is 0 Å². The van der Waals surface area contributed by atoms with Gasteiger partial charge in [-0.1, -0.05) is 26.7 Å². The maximum Gasteiger partial charge on any atom is 0.115 e. The molecule has 4 heteroatoms. The maximum absolute atomic E-state index is 4.62. The van der Waals surface area contributed by atoms with Gasteiger partial charge in [-0.05, 0) is 98.2 Å². The van der Waals surface area contributed by atoms with Crippen molar-refractivity contribution in [2.75, 3.05) is 0 Å². The van der Waals surface area contributed by atoms with Crippen molar-refractivity contribution in [3.63, 3.8) is 0 Å². The molecule has 1 aromatic rings. The topological polar surface area (TPSA) is 12.9 Å². The zero-order valence-corrected chi connectivity index (χ0v) is 16.0. The summed E-state index contributed by atoms with van der Waals surface area (Å²) in [6.07, 6.45) is 5.07. The summed E-state index contributed by atoms with van der Waals surface area (Å²) in [7, 11) is 0. The van der Waals surface area contributed by atoms with Crippen LogP contribution in [0.1, 0.15) is 51.0 Å². The van der Waals surface area contributed by atoms with Crippen LogP contribution in [-0.2, 0) is 0 Å². The van der Waals surface area contributed by atoms with Crippen molar-refractivity contribution in [1.29, 1.82) is 0 Å². The Morgan fingerprint density at radius 1 is 1.06 bits per heavy atom. The summed E-state index contributed by atoms with van der Waals surface area (Å²) in [5, 5.41) is 0. The molecule has 1 rings (SSSR count). The normalized spacial score (nSPS) is 11.1. The number of hydrogen-bond donors (Lipinski definition) is 0. The van der Waals surface area contributed by atoms with Crippen LogP contribution in [0.2, 0.25) is 0 Å². The first-order valence-corrected chi connectivity index (χ1v) is 8.85. The molecule has 0 spiro atoms. The second-order valence-electron chi connectivity index (χ2n) is 3.92. The minimum atomic E-state index is 0.694. The summed E-state index contributed by atoms with van der Waals surface area (Å²) < 4.78 is 3.60. The number of halogens is 3. The third kappa shape index (κ3) is 4.22. The van der Waals surface area contributed by atoms with Gasteiger partial charge in [0.1, 0.15) is 7.40 Å². The Bertz CT molecular complexity index is 346. The van der Waals surface area contributed by atoms with Gasteiger partial charge in [-0.3, -0.25) is 0 Å². The van der Waals surface area contributed by atoms with Gasteiger partial charge in [0, 0.05) is 3.57 Å². The molecule has 0 saturated carbocycles. The van der Waals surface area contributed by atoms with E-state index in [1.54, 1.807) is 0 Å². The van der Waals surface area contributed by atoms with E-state index in [9.17, 15) is 0 Å². The zero-order valence-electron chi connectivity index (χ0n) is 9.56. The van der Waals surface area contributed by atoms with E-state index in [1.807, 2.05) is 0 Å². The van der Waals surface area contributed by atoms with Crippen molar-refractivity contribution in [2.45, 2.75) is 45.4 Å². The highest BCUT2D eigenvalue weighted by atomic mass is 127. The average molecular weight is 555 g/mol. The largest absolute Gasteiger partial charge is 0.235 e. The second kappa shape index (κ2) is 7.70. The van der Waals surface area contributed by atoms with Crippen LogP contribution in [0.25, 0.3) is 0 Å². The van der Waals surface area contributed by atoms with E-state index in [4.69, 9.17) is 0 Å². The van der Waals surface area contributed by atoms with Crippen LogP contribution >= 0.6 is 67.8 Å². The highest BCUT2D eigenvalue weighted by Crippen LogP contribution is 2.31. The van der Waals surface area contributed by atoms with Gasteiger partial charge >= 0.3 is 0 Å². The van der Waals surface area contributed by atoms with E-state index >= 15 is 0 Å². The molecular formula is C12H16I3N. The number of rotatable bonds is 5. The fourth-order valence-corrected chi connectivity index (χ4v) is 4.05. The van der Waals surface area contributed by atoms with Gasteiger partial charge in [-0.25, -0.2) is 4.98 Å². The minimum absolute atomic E-state index is 0.694. The molecule has 90 valence electrons. The van der Waals surface area contributed by atoms with Gasteiger partial charge in [0.25, 0.3) is 0 Å². The Morgan fingerprint density at radius 3 is 2.12 bits per heavy atom. The molecule has 0 aliphatic rings. The molecule has 0 aliphatic carbocycles. The number of aromatic nitrogens is 1. The molecule has 1 heterocycles. The van der Waals surface area contributed by atoms with E-state index in [0.717, 1.165) is 3.70 Å². The second-order valence-corrected chi connectivity index (χ2v) is 7.12. The Hall–Kier alpha value is 1.34. The smallest absolute Gasteiger partial charge is 0.115 e. The fourth-order valence-electron chi connectivity index (χ4n) is 1.90. The molecule has 0 aliphatic heterocycles. The van der Waals surface area contributed by atoms with Crippen LogP contribution in [-0.4, -0.2) is 4.98 Å². The van der Waals surface area contributed by atoms with Crippen LogP contribution in [0.4, 0.5) is 0 Å². The first-order valence-electron chi connectivity index (χ1n) is 5.61. The van der Waals surface area contributed by atoms with Crippen molar-refractivity contribution in [2.24, 2.45) is 0 Å². The van der Waals surface area contributed by atoms with Gasteiger partial charge < -0.3 is 0 Å². The zero-order chi connectivity index (χ0) is 12.1. The standard InChI is InChI=1S/C12H16I3N/c1-3-5-8(6-4-2)9-7-10(13)12(15)16-11(9)14/h7-8H,3-6H2,1-2H3. The van der Waals surface area contributed by atoms with Crippen LogP contribution < -0.4 is 0 Å². The summed E-state index contributed by atoms with van der Waals surface area (Å²) in [4.78, 5) is 4.62. The summed E-state index contributed by atoms with van der Waals surface area (Å²) in [5.74, 6) is 0.694. The molecule has 0 amide bonds. The Morgan fingerprint density at radius 2 is 1.62 bits per heavy atom. The van der Waals surface area contributed by atoms with Crippen molar-refractivity contribution in [3.8, 4) is 0 Å². The summed E-state index contributed by atoms with van der Waals surface area (Å²) in [6, 6.07) is 2.33. The SMILES string of the molecule is CCCC(CCC)c1cc(I)c(I)nc1I. The third-order valence-corrected chi connectivity index (χ3v) is 6.17. The van der Waals surface area contributed by atoms with Crippen LogP contribution in [0.5, 0.6) is 0 Å². The van der Waals surface area contributed by atoms with Crippen molar-refractivity contribution >= 4 is 67.8 Å². The molecule has 0 atom stereocenters.